The lowest BCUT2D eigenvalue weighted by Crippen LogP contribution is -2.46. The maximum atomic E-state index is 13.4. The van der Waals surface area contributed by atoms with Gasteiger partial charge in [0.15, 0.2) is 5.43 Å². The average molecular weight is 495 g/mol. The van der Waals surface area contributed by atoms with Crippen LogP contribution in [0.4, 0.5) is 5.69 Å². The first-order valence-electron chi connectivity index (χ1n) is 11.6. The van der Waals surface area contributed by atoms with E-state index in [9.17, 15) is 4.79 Å². The highest BCUT2D eigenvalue weighted by molar-refractivity contribution is 6.29. The zero-order chi connectivity index (χ0) is 25.3. The molecular weight excluding hydrogens is 464 g/mol. The second-order valence-electron chi connectivity index (χ2n) is 9.68. The number of rotatable bonds is 8. The molecule has 3 aromatic rings. The van der Waals surface area contributed by atoms with Gasteiger partial charge in [0.25, 0.3) is 0 Å². The molecule has 1 fully saturated rings. The minimum atomic E-state index is -0.179. The standard InChI is InChI=1S/C27H31ClN4O3/c1-15-8-20(17(3)31-22-6-7-23(28)32-18(22)4)26-21(9-15)24(33)16(2)25(35-26)19(10-29)11-30-12-27(5)13-34-14-27/h6-11,17,29-31H,12-14H2,1-5H3/b19-11+,29-10?/t17-/m1/s1. The Morgan fingerprint density at radius 2 is 2.03 bits per heavy atom. The molecule has 4 rings (SSSR count). The Bertz CT molecular complexity index is 1380. The summed E-state index contributed by atoms with van der Waals surface area (Å²) in [6.07, 6.45) is 2.95. The zero-order valence-electron chi connectivity index (χ0n) is 20.7. The number of ether oxygens (including phenoxy) is 1. The Hall–Kier alpha value is -3.16. The summed E-state index contributed by atoms with van der Waals surface area (Å²) in [6.45, 7) is 11.9. The van der Waals surface area contributed by atoms with Crippen molar-refractivity contribution in [2.24, 2.45) is 5.41 Å². The van der Waals surface area contributed by atoms with E-state index < -0.39 is 0 Å². The summed E-state index contributed by atoms with van der Waals surface area (Å²) in [7, 11) is 0. The fourth-order valence-corrected chi connectivity index (χ4v) is 4.48. The lowest BCUT2D eigenvalue weighted by Gasteiger charge is -2.37. The smallest absolute Gasteiger partial charge is 0.196 e. The molecule has 1 aliphatic rings. The minimum absolute atomic E-state index is 0.0728. The molecule has 1 saturated heterocycles. The second-order valence-corrected chi connectivity index (χ2v) is 10.1. The molecule has 7 nitrogen and oxygen atoms in total. The number of hydrogen-bond donors (Lipinski definition) is 3. The van der Waals surface area contributed by atoms with Crippen LogP contribution in [0.25, 0.3) is 16.5 Å². The molecule has 0 unspecified atom stereocenters. The molecule has 0 bridgehead atoms. The summed E-state index contributed by atoms with van der Waals surface area (Å²) in [4.78, 5) is 17.7. The van der Waals surface area contributed by atoms with E-state index in [0.29, 0.717) is 52.8 Å². The number of fused-ring (bicyclic) bond motifs is 1. The van der Waals surface area contributed by atoms with Gasteiger partial charge in [-0.2, -0.15) is 0 Å². The summed E-state index contributed by atoms with van der Waals surface area (Å²) >= 11 is 6.01. The van der Waals surface area contributed by atoms with Crippen LogP contribution in [0.2, 0.25) is 5.15 Å². The van der Waals surface area contributed by atoms with Gasteiger partial charge in [-0.1, -0.05) is 24.6 Å². The van der Waals surface area contributed by atoms with Crippen LogP contribution in [0.3, 0.4) is 0 Å². The van der Waals surface area contributed by atoms with E-state index in [1.165, 1.54) is 6.21 Å². The van der Waals surface area contributed by atoms with Crippen LogP contribution < -0.4 is 16.1 Å². The van der Waals surface area contributed by atoms with E-state index >= 15 is 0 Å². The van der Waals surface area contributed by atoms with Gasteiger partial charge in [-0.15, -0.1) is 0 Å². The van der Waals surface area contributed by atoms with Crippen molar-refractivity contribution >= 4 is 40.0 Å². The first-order chi connectivity index (χ1) is 16.6. The van der Waals surface area contributed by atoms with Gasteiger partial charge < -0.3 is 25.2 Å². The highest BCUT2D eigenvalue weighted by Gasteiger charge is 2.32. The molecule has 1 aliphatic heterocycles. The number of halogens is 1. The first kappa shape index (κ1) is 24.9. The number of aromatic nitrogens is 1. The average Bonchev–Trinajstić information content (AvgIpc) is 2.80. The fraction of sp³-hybridized carbons (Fsp3) is 0.370. The Morgan fingerprint density at radius 1 is 1.29 bits per heavy atom. The number of aryl methyl sites for hydroxylation is 2. The normalized spacial score (nSPS) is 16.0. The van der Waals surface area contributed by atoms with Gasteiger partial charge in [-0.05, 0) is 51.5 Å². The third-order valence-corrected chi connectivity index (χ3v) is 6.60. The molecule has 2 aromatic heterocycles. The zero-order valence-corrected chi connectivity index (χ0v) is 21.5. The van der Waals surface area contributed by atoms with Gasteiger partial charge in [-0.25, -0.2) is 4.98 Å². The van der Waals surface area contributed by atoms with E-state index in [-0.39, 0.29) is 16.9 Å². The SMILES string of the molecule is Cc1cc([C@@H](C)Nc2ccc(Cl)nc2C)c2oc(/C(C=N)=C/NCC3(C)COC3)c(C)c(=O)c2c1. The summed E-state index contributed by atoms with van der Waals surface area (Å²) in [5.74, 6) is 0.390. The summed E-state index contributed by atoms with van der Waals surface area (Å²) in [5, 5.41) is 15.7. The molecule has 1 atom stereocenters. The number of pyridine rings is 1. The van der Waals surface area contributed by atoms with Crippen molar-refractivity contribution in [2.75, 3.05) is 25.1 Å². The molecule has 3 heterocycles. The molecule has 0 spiro atoms. The van der Waals surface area contributed by atoms with Crippen molar-refractivity contribution in [2.45, 2.75) is 40.7 Å². The van der Waals surface area contributed by atoms with Gasteiger partial charge in [-0.3, -0.25) is 4.79 Å². The van der Waals surface area contributed by atoms with Crippen molar-refractivity contribution in [1.82, 2.24) is 10.3 Å². The summed E-state index contributed by atoms with van der Waals surface area (Å²) < 4.78 is 11.7. The quantitative estimate of drug-likeness (QED) is 0.280. The van der Waals surface area contributed by atoms with Gasteiger partial charge in [0, 0.05) is 35.5 Å². The Balaban J connectivity index is 1.76. The van der Waals surface area contributed by atoms with Crippen molar-refractivity contribution in [3.8, 4) is 0 Å². The van der Waals surface area contributed by atoms with Gasteiger partial charge in [0.1, 0.15) is 16.5 Å². The largest absolute Gasteiger partial charge is 0.455 e. The predicted molar refractivity (Wildman–Crippen MR) is 142 cm³/mol. The molecular formula is C27H31ClN4O3. The number of nitrogens with zero attached hydrogens (tertiary/aromatic N) is 1. The molecule has 3 N–H and O–H groups in total. The van der Waals surface area contributed by atoms with Crippen molar-refractivity contribution < 1.29 is 9.15 Å². The van der Waals surface area contributed by atoms with Gasteiger partial charge in [0.05, 0.1) is 41.6 Å². The maximum Gasteiger partial charge on any atom is 0.196 e. The van der Waals surface area contributed by atoms with E-state index in [0.717, 1.165) is 22.5 Å². The molecule has 1 aromatic carbocycles. The lowest BCUT2D eigenvalue weighted by atomic mass is 9.89. The fourth-order valence-electron chi connectivity index (χ4n) is 4.29. The maximum absolute atomic E-state index is 13.4. The predicted octanol–water partition coefficient (Wildman–Crippen LogP) is 5.56. The molecule has 0 amide bonds. The van der Waals surface area contributed by atoms with Crippen LogP contribution in [0.1, 0.15) is 48.0 Å². The Labute approximate surface area is 210 Å². The van der Waals surface area contributed by atoms with Crippen LogP contribution >= 0.6 is 11.6 Å². The number of nitrogens with one attached hydrogen (secondary N) is 3. The molecule has 0 aliphatic carbocycles. The van der Waals surface area contributed by atoms with Crippen LogP contribution in [0, 0.1) is 31.6 Å². The molecule has 0 saturated carbocycles. The molecule has 184 valence electrons. The topological polar surface area (TPSA) is 100 Å². The highest BCUT2D eigenvalue weighted by Crippen LogP contribution is 2.31. The van der Waals surface area contributed by atoms with Crippen molar-refractivity contribution in [3.63, 3.8) is 0 Å². The van der Waals surface area contributed by atoms with Crippen LogP contribution in [0.15, 0.2) is 39.7 Å². The van der Waals surface area contributed by atoms with E-state index in [1.54, 1.807) is 19.2 Å². The number of benzene rings is 1. The Morgan fingerprint density at radius 3 is 2.66 bits per heavy atom. The summed E-state index contributed by atoms with van der Waals surface area (Å²) in [5.41, 5.74) is 4.91. The van der Waals surface area contributed by atoms with Gasteiger partial charge >= 0.3 is 0 Å². The van der Waals surface area contributed by atoms with Crippen LogP contribution in [-0.2, 0) is 4.74 Å². The first-order valence-corrected chi connectivity index (χ1v) is 12.0. The van der Waals surface area contributed by atoms with Crippen molar-refractivity contribution in [1.29, 1.82) is 5.41 Å². The summed E-state index contributed by atoms with van der Waals surface area (Å²) in [6, 6.07) is 7.32. The number of anilines is 1. The lowest BCUT2D eigenvalue weighted by molar-refractivity contribution is -0.0976. The third kappa shape index (κ3) is 5.11. The minimum Gasteiger partial charge on any atom is -0.455 e. The van der Waals surface area contributed by atoms with E-state index in [4.69, 9.17) is 26.2 Å². The van der Waals surface area contributed by atoms with Crippen molar-refractivity contribution in [3.05, 3.63) is 74.0 Å². The molecule has 35 heavy (non-hydrogen) atoms. The van der Waals surface area contributed by atoms with Crippen LogP contribution in [-0.4, -0.2) is 31.0 Å². The molecule has 8 heteroatoms. The number of allylic oxidation sites excluding steroid dienone is 1. The van der Waals surface area contributed by atoms with Crippen LogP contribution in [0.5, 0.6) is 0 Å². The molecule has 0 radical (unpaired) electrons. The Kier molecular flexibility index (Phi) is 7.01. The third-order valence-electron chi connectivity index (χ3n) is 6.39. The monoisotopic (exact) mass is 494 g/mol. The number of hydrogen-bond acceptors (Lipinski definition) is 7. The van der Waals surface area contributed by atoms with E-state index in [2.05, 4.69) is 22.5 Å². The second kappa shape index (κ2) is 9.84. The van der Waals surface area contributed by atoms with E-state index in [1.807, 2.05) is 39.0 Å². The highest BCUT2D eigenvalue weighted by atomic mass is 35.5. The van der Waals surface area contributed by atoms with Gasteiger partial charge in [0.2, 0.25) is 0 Å².